The average Bonchev–Trinajstić information content (AvgIpc) is 2.49. The van der Waals surface area contributed by atoms with Gasteiger partial charge in [-0.15, -0.1) is 0 Å². The van der Waals surface area contributed by atoms with Crippen LogP contribution in [-0.2, 0) is 4.79 Å². The standard InChI is InChI=1S/C16H14ClN3O/c1-11-2-5-14(8-15(11)17)19-10-16(21)20-13-6-3-12(9-18)4-7-13/h2-8,19H,10H2,1H3,(H,20,21). The van der Waals surface area contributed by atoms with E-state index in [1.165, 1.54) is 0 Å². The lowest BCUT2D eigenvalue weighted by Crippen LogP contribution is -2.21. The lowest BCUT2D eigenvalue weighted by atomic mass is 10.2. The number of carbonyl (C=O) groups excluding carboxylic acids is 1. The van der Waals surface area contributed by atoms with E-state index in [9.17, 15) is 4.79 Å². The monoisotopic (exact) mass is 299 g/mol. The van der Waals surface area contributed by atoms with Crippen molar-refractivity contribution >= 4 is 28.9 Å². The number of aryl methyl sites for hydroxylation is 1. The number of carbonyl (C=O) groups is 1. The molecule has 106 valence electrons. The number of hydrogen-bond acceptors (Lipinski definition) is 3. The van der Waals surface area contributed by atoms with Gasteiger partial charge in [0.05, 0.1) is 18.2 Å². The van der Waals surface area contributed by atoms with Crippen LogP contribution in [0.2, 0.25) is 5.02 Å². The second kappa shape index (κ2) is 6.78. The number of hydrogen-bond donors (Lipinski definition) is 2. The third-order valence-corrected chi connectivity index (χ3v) is 3.33. The van der Waals surface area contributed by atoms with Crippen molar-refractivity contribution in [2.45, 2.75) is 6.92 Å². The molecule has 0 radical (unpaired) electrons. The van der Waals surface area contributed by atoms with Crippen LogP contribution in [0.4, 0.5) is 11.4 Å². The molecule has 0 atom stereocenters. The Morgan fingerprint density at radius 1 is 1.19 bits per heavy atom. The molecular formula is C16H14ClN3O. The average molecular weight is 300 g/mol. The van der Waals surface area contributed by atoms with Crippen molar-refractivity contribution in [1.82, 2.24) is 0 Å². The Hall–Kier alpha value is -2.51. The Morgan fingerprint density at radius 2 is 1.86 bits per heavy atom. The fourth-order valence-electron chi connectivity index (χ4n) is 1.72. The number of nitriles is 1. The molecule has 0 heterocycles. The first-order valence-electron chi connectivity index (χ1n) is 6.38. The van der Waals surface area contributed by atoms with Crippen molar-refractivity contribution in [3.63, 3.8) is 0 Å². The van der Waals surface area contributed by atoms with Gasteiger partial charge in [0.25, 0.3) is 0 Å². The largest absolute Gasteiger partial charge is 0.376 e. The highest BCUT2D eigenvalue weighted by Gasteiger charge is 2.03. The molecule has 0 spiro atoms. The van der Waals surface area contributed by atoms with E-state index < -0.39 is 0 Å². The number of amides is 1. The predicted octanol–water partition coefficient (Wildman–Crippen LogP) is 3.57. The van der Waals surface area contributed by atoms with E-state index in [-0.39, 0.29) is 12.5 Å². The van der Waals surface area contributed by atoms with Crippen molar-refractivity contribution in [2.75, 3.05) is 17.2 Å². The predicted molar refractivity (Wildman–Crippen MR) is 84.5 cm³/mol. The van der Waals surface area contributed by atoms with Gasteiger partial charge in [-0.1, -0.05) is 17.7 Å². The van der Waals surface area contributed by atoms with Crippen LogP contribution in [0.25, 0.3) is 0 Å². The number of halogens is 1. The van der Waals surface area contributed by atoms with Gasteiger partial charge >= 0.3 is 0 Å². The Morgan fingerprint density at radius 3 is 2.48 bits per heavy atom. The smallest absolute Gasteiger partial charge is 0.243 e. The van der Waals surface area contributed by atoms with Gasteiger partial charge in [-0.3, -0.25) is 4.79 Å². The van der Waals surface area contributed by atoms with Gasteiger partial charge in [-0.25, -0.2) is 0 Å². The normalized spacial score (nSPS) is 9.76. The fraction of sp³-hybridized carbons (Fsp3) is 0.125. The highest BCUT2D eigenvalue weighted by atomic mass is 35.5. The second-order valence-corrected chi connectivity index (χ2v) is 4.96. The summed E-state index contributed by atoms with van der Waals surface area (Å²) in [6, 6.07) is 14.3. The maximum absolute atomic E-state index is 11.8. The maximum Gasteiger partial charge on any atom is 0.243 e. The number of nitrogens with zero attached hydrogens (tertiary/aromatic N) is 1. The van der Waals surface area contributed by atoms with Crippen LogP contribution in [0.1, 0.15) is 11.1 Å². The van der Waals surface area contributed by atoms with E-state index in [2.05, 4.69) is 10.6 Å². The summed E-state index contributed by atoms with van der Waals surface area (Å²) in [5, 5.41) is 15.1. The van der Waals surface area contributed by atoms with Gasteiger partial charge in [0.1, 0.15) is 0 Å². The molecule has 0 saturated carbocycles. The number of nitrogens with one attached hydrogen (secondary N) is 2. The highest BCUT2D eigenvalue weighted by Crippen LogP contribution is 2.19. The van der Waals surface area contributed by atoms with Crippen molar-refractivity contribution in [3.05, 3.63) is 58.6 Å². The summed E-state index contributed by atoms with van der Waals surface area (Å²) in [7, 11) is 0. The molecule has 2 N–H and O–H groups in total. The molecule has 0 aliphatic heterocycles. The molecule has 2 aromatic rings. The first kappa shape index (κ1) is 14.9. The highest BCUT2D eigenvalue weighted by molar-refractivity contribution is 6.31. The first-order chi connectivity index (χ1) is 10.1. The molecule has 0 fully saturated rings. The minimum Gasteiger partial charge on any atom is -0.376 e. The Bertz CT molecular complexity index is 690. The van der Waals surface area contributed by atoms with E-state index >= 15 is 0 Å². The molecule has 5 heteroatoms. The van der Waals surface area contributed by atoms with Crippen LogP contribution in [0.5, 0.6) is 0 Å². The first-order valence-corrected chi connectivity index (χ1v) is 6.76. The molecule has 0 aliphatic carbocycles. The molecule has 0 aromatic heterocycles. The Kier molecular flexibility index (Phi) is 4.81. The summed E-state index contributed by atoms with van der Waals surface area (Å²) in [5.74, 6) is -0.170. The maximum atomic E-state index is 11.8. The Balaban J connectivity index is 1.89. The molecule has 0 bridgehead atoms. The van der Waals surface area contributed by atoms with E-state index in [4.69, 9.17) is 16.9 Å². The van der Waals surface area contributed by atoms with Gasteiger partial charge in [-0.2, -0.15) is 5.26 Å². The fourth-order valence-corrected chi connectivity index (χ4v) is 1.90. The van der Waals surface area contributed by atoms with E-state index in [0.717, 1.165) is 11.3 Å². The molecule has 21 heavy (non-hydrogen) atoms. The molecule has 0 saturated heterocycles. The zero-order valence-electron chi connectivity index (χ0n) is 11.5. The Labute approximate surface area is 128 Å². The van der Waals surface area contributed by atoms with Crippen LogP contribution in [0, 0.1) is 18.3 Å². The molecule has 0 aliphatic rings. The van der Waals surface area contributed by atoms with E-state index in [1.807, 2.05) is 25.1 Å². The lowest BCUT2D eigenvalue weighted by molar-refractivity contribution is -0.114. The summed E-state index contributed by atoms with van der Waals surface area (Å²) in [6.45, 7) is 2.06. The zero-order valence-corrected chi connectivity index (χ0v) is 12.2. The van der Waals surface area contributed by atoms with E-state index in [1.54, 1.807) is 30.3 Å². The van der Waals surface area contributed by atoms with Crippen LogP contribution in [0.3, 0.4) is 0 Å². The molecule has 2 rings (SSSR count). The zero-order chi connectivity index (χ0) is 15.2. The topological polar surface area (TPSA) is 64.9 Å². The van der Waals surface area contributed by atoms with Crippen molar-refractivity contribution in [2.24, 2.45) is 0 Å². The molecule has 2 aromatic carbocycles. The van der Waals surface area contributed by atoms with Crippen molar-refractivity contribution < 1.29 is 4.79 Å². The molecule has 0 unspecified atom stereocenters. The summed E-state index contributed by atoms with van der Waals surface area (Å²) >= 11 is 6.02. The van der Waals surface area contributed by atoms with Crippen LogP contribution >= 0.6 is 11.6 Å². The van der Waals surface area contributed by atoms with Gasteiger partial charge in [0, 0.05) is 16.4 Å². The quantitative estimate of drug-likeness (QED) is 0.907. The van der Waals surface area contributed by atoms with Crippen molar-refractivity contribution in [1.29, 1.82) is 5.26 Å². The van der Waals surface area contributed by atoms with Crippen LogP contribution in [-0.4, -0.2) is 12.5 Å². The van der Waals surface area contributed by atoms with Gasteiger partial charge < -0.3 is 10.6 Å². The summed E-state index contributed by atoms with van der Waals surface area (Å²) in [5.41, 5.74) is 2.99. The van der Waals surface area contributed by atoms with Gasteiger partial charge in [0.15, 0.2) is 0 Å². The third kappa shape index (κ3) is 4.23. The number of benzene rings is 2. The minimum atomic E-state index is -0.170. The third-order valence-electron chi connectivity index (χ3n) is 2.92. The number of anilines is 2. The number of rotatable bonds is 4. The van der Waals surface area contributed by atoms with Gasteiger partial charge in [0.2, 0.25) is 5.91 Å². The van der Waals surface area contributed by atoms with Crippen molar-refractivity contribution in [3.8, 4) is 6.07 Å². The van der Waals surface area contributed by atoms with E-state index in [0.29, 0.717) is 16.3 Å². The SMILES string of the molecule is Cc1ccc(NCC(=O)Nc2ccc(C#N)cc2)cc1Cl. The minimum absolute atomic E-state index is 0.138. The lowest BCUT2D eigenvalue weighted by Gasteiger charge is -2.09. The molecular weight excluding hydrogens is 286 g/mol. The summed E-state index contributed by atoms with van der Waals surface area (Å²) in [4.78, 5) is 11.8. The summed E-state index contributed by atoms with van der Waals surface area (Å²) in [6.07, 6.45) is 0. The van der Waals surface area contributed by atoms with Crippen LogP contribution in [0.15, 0.2) is 42.5 Å². The second-order valence-electron chi connectivity index (χ2n) is 4.55. The molecule has 4 nitrogen and oxygen atoms in total. The van der Waals surface area contributed by atoms with Crippen LogP contribution < -0.4 is 10.6 Å². The summed E-state index contributed by atoms with van der Waals surface area (Å²) < 4.78 is 0. The molecule has 1 amide bonds. The van der Waals surface area contributed by atoms with Gasteiger partial charge in [-0.05, 0) is 48.9 Å².